The molecule has 0 N–H and O–H groups in total. The van der Waals surface area contributed by atoms with Crippen LogP contribution in [-0.2, 0) is 5.41 Å². The van der Waals surface area contributed by atoms with Gasteiger partial charge in [0.05, 0.1) is 12.5 Å². The number of aryl methyl sites for hydroxylation is 1. The van der Waals surface area contributed by atoms with E-state index < -0.39 is 5.82 Å². The molecule has 1 aliphatic carbocycles. The summed E-state index contributed by atoms with van der Waals surface area (Å²) < 4.78 is 24.3. The van der Waals surface area contributed by atoms with Crippen molar-refractivity contribution in [3.05, 3.63) is 41.4 Å². The highest BCUT2D eigenvalue weighted by Crippen LogP contribution is 2.50. The number of benzene rings is 1. The predicted molar refractivity (Wildman–Crippen MR) is 86.9 cm³/mol. The van der Waals surface area contributed by atoms with Crippen LogP contribution in [0.4, 0.5) is 4.39 Å². The van der Waals surface area contributed by atoms with E-state index in [-0.39, 0.29) is 17.1 Å². The molecule has 1 aromatic carbocycles. The molecule has 2 heterocycles. The fraction of sp³-hybridized carbons (Fsp3) is 0.500. The Kier molecular flexibility index (Phi) is 3.74. The Labute approximate surface area is 145 Å². The molecule has 132 valence electrons. The van der Waals surface area contributed by atoms with Crippen molar-refractivity contribution in [3.8, 4) is 5.75 Å². The molecule has 0 unspecified atom stereocenters. The molecule has 25 heavy (non-hydrogen) atoms. The Balaban J connectivity index is 1.62. The predicted octanol–water partition coefficient (Wildman–Crippen LogP) is 2.72. The van der Waals surface area contributed by atoms with E-state index in [1.807, 2.05) is 4.90 Å². The monoisotopic (exact) mass is 345 g/mol. The lowest BCUT2D eigenvalue weighted by Crippen LogP contribution is -2.35. The normalized spacial score (nSPS) is 25.2. The average molecular weight is 345 g/mol. The van der Waals surface area contributed by atoms with Crippen LogP contribution >= 0.6 is 0 Å². The average Bonchev–Trinajstić information content (AvgIpc) is 3.28. The number of carbonyl (C=O) groups excluding carboxylic acids is 1. The number of nitrogens with zero attached hydrogens (tertiary/aromatic N) is 3. The molecule has 0 bridgehead atoms. The summed E-state index contributed by atoms with van der Waals surface area (Å²) in [6, 6.07) is 4.22. The summed E-state index contributed by atoms with van der Waals surface area (Å²) >= 11 is 0. The van der Waals surface area contributed by atoms with Gasteiger partial charge in [0.25, 0.3) is 5.91 Å². The van der Waals surface area contributed by atoms with Crippen molar-refractivity contribution in [1.29, 1.82) is 0 Å². The van der Waals surface area contributed by atoms with Crippen LogP contribution in [0.15, 0.2) is 22.6 Å². The number of likely N-dealkylation sites (tertiary alicyclic amines) is 1. The van der Waals surface area contributed by atoms with Crippen molar-refractivity contribution in [3.63, 3.8) is 0 Å². The number of hydrogen-bond acceptors (Lipinski definition) is 5. The SMILES string of the molecule is COc1cc(C(=O)N2C[C@@H]3CCC[C@]3(c3nnc(C)o3)C2)ccc1F. The van der Waals surface area contributed by atoms with Crippen LogP contribution in [0.5, 0.6) is 5.75 Å². The molecule has 7 heteroatoms. The molecule has 1 aromatic heterocycles. The summed E-state index contributed by atoms with van der Waals surface area (Å²) in [6.45, 7) is 2.98. The topological polar surface area (TPSA) is 68.5 Å². The summed E-state index contributed by atoms with van der Waals surface area (Å²) in [7, 11) is 1.39. The second-order valence-electron chi connectivity index (χ2n) is 6.91. The molecule has 0 spiro atoms. The van der Waals surface area contributed by atoms with E-state index >= 15 is 0 Å². The van der Waals surface area contributed by atoms with Crippen LogP contribution in [0, 0.1) is 18.7 Å². The number of carbonyl (C=O) groups is 1. The molecule has 2 aromatic rings. The molecular weight excluding hydrogens is 325 g/mol. The van der Waals surface area contributed by atoms with E-state index in [2.05, 4.69) is 10.2 Å². The van der Waals surface area contributed by atoms with Crippen molar-refractivity contribution < 1.29 is 18.3 Å². The molecule has 6 nitrogen and oxygen atoms in total. The van der Waals surface area contributed by atoms with E-state index in [0.29, 0.717) is 36.4 Å². The number of aromatic nitrogens is 2. The van der Waals surface area contributed by atoms with Crippen molar-refractivity contribution >= 4 is 5.91 Å². The maximum atomic E-state index is 13.6. The van der Waals surface area contributed by atoms with Crippen LogP contribution in [0.25, 0.3) is 0 Å². The lowest BCUT2D eigenvalue weighted by Gasteiger charge is -2.24. The maximum absolute atomic E-state index is 13.6. The van der Waals surface area contributed by atoms with Gasteiger partial charge < -0.3 is 14.1 Å². The zero-order valence-corrected chi connectivity index (χ0v) is 14.3. The lowest BCUT2D eigenvalue weighted by atomic mass is 9.80. The van der Waals surface area contributed by atoms with E-state index in [4.69, 9.17) is 9.15 Å². The van der Waals surface area contributed by atoms with Crippen LogP contribution in [0.1, 0.15) is 41.4 Å². The minimum Gasteiger partial charge on any atom is -0.494 e. The molecular formula is C18H20FN3O3. The highest BCUT2D eigenvalue weighted by atomic mass is 19.1. The molecule has 1 saturated heterocycles. The largest absolute Gasteiger partial charge is 0.494 e. The summed E-state index contributed by atoms with van der Waals surface area (Å²) in [5.41, 5.74) is 0.177. The van der Waals surface area contributed by atoms with Gasteiger partial charge in [-0.05, 0) is 37.0 Å². The van der Waals surface area contributed by atoms with Gasteiger partial charge in [0.1, 0.15) is 0 Å². The zero-order valence-electron chi connectivity index (χ0n) is 14.3. The fourth-order valence-electron chi connectivity index (χ4n) is 4.27. The van der Waals surface area contributed by atoms with E-state index in [9.17, 15) is 9.18 Å². The standard InChI is InChI=1S/C18H20FN3O3/c1-11-20-21-17(25-11)18-7-3-4-13(18)9-22(10-18)16(23)12-5-6-14(19)15(8-12)24-2/h5-6,8,13H,3-4,7,9-10H2,1-2H3/t13-,18-/m0/s1. The van der Waals surface area contributed by atoms with Crippen LogP contribution in [0.2, 0.25) is 0 Å². The molecule has 2 fully saturated rings. The van der Waals surface area contributed by atoms with Crippen molar-refractivity contribution in [2.24, 2.45) is 5.92 Å². The molecule has 1 aliphatic heterocycles. The molecule has 1 saturated carbocycles. The van der Waals surface area contributed by atoms with Crippen LogP contribution in [0.3, 0.4) is 0 Å². The number of halogens is 1. The number of methoxy groups -OCH3 is 1. The first kappa shape index (κ1) is 16.1. The molecule has 0 radical (unpaired) electrons. The second kappa shape index (κ2) is 5.82. The van der Waals surface area contributed by atoms with Crippen molar-refractivity contribution in [1.82, 2.24) is 15.1 Å². The molecule has 2 aliphatic rings. The fourth-order valence-corrected chi connectivity index (χ4v) is 4.27. The van der Waals surface area contributed by atoms with Gasteiger partial charge in [-0.2, -0.15) is 0 Å². The number of hydrogen-bond donors (Lipinski definition) is 0. The number of ether oxygens (including phenoxy) is 1. The van der Waals surface area contributed by atoms with Gasteiger partial charge in [0.2, 0.25) is 11.8 Å². The first-order valence-electron chi connectivity index (χ1n) is 8.47. The van der Waals surface area contributed by atoms with Gasteiger partial charge in [0.15, 0.2) is 11.6 Å². The Hall–Kier alpha value is -2.44. The van der Waals surface area contributed by atoms with Crippen LogP contribution in [-0.4, -0.2) is 41.2 Å². The third-order valence-electron chi connectivity index (χ3n) is 5.51. The number of amides is 1. The van der Waals surface area contributed by atoms with E-state index in [0.717, 1.165) is 19.3 Å². The number of rotatable bonds is 3. The third-order valence-corrected chi connectivity index (χ3v) is 5.51. The minimum absolute atomic E-state index is 0.0764. The Morgan fingerprint density at radius 1 is 1.44 bits per heavy atom. The van der Waals surface area contributed by atoms with Gasteiger partial charge in [-0.15, -0.1) is 10.2 Å². The van der Waals surface area contributed by atoms with Gasteiger partial charge in [-0.3, -0.25) is 4.79 Å². The summed E-state index contributed by atoms with van der Waals surface area (Å²) in [4.78, 5) is 14.7. The van der Waals surface area contributed by atoms with Crippen LogP contribution < -0.4 is 4.74 Å². The molecule has 4 rings (SSSR count). The Morgan fingerprint density at radius 3 is 3.00 bits per heavy atom. The Bertz CT molecular complexity index is 822. The molecule has 2 atom stereocenters. The smallest absolute Gasteiger partial charge is 0.254 e. The zero-order chi connectivity index (χ0) is 17.6. The van der Waals surface area contributed by atoms with Crippen molar-refractivity contribution in [2.45, 2.75) is 31.6 Å². The highest BCUT2D eigenvalue weighted by molar-refractivity contribution is 5.95. The Morgan fingerprint density at radius 2 is 2.28 bits per heavy atom. The summed E-state index contributed by atoms with van der Waals surface area (Å²) in [5.74, 6) is 0.979. The summed E-state index contributed by atoms with van der Waals surface area (Å²) in [6.07, 6.45) is 3.08. The van der Waals surface area contributed by atoms with Gasteiger partial charge >= 0.3 is 0 Å². The minimum atomic E-state index is -0.477. The van der Waals surface area contributed by atoms with E-state index in [1.165, 1.54) is 25.3 Å². The first-order valence-corrected chi connectivity index (χ1v) is 8.47. The van der Waals surface area contributed by atoms with E-state index in [1.54, 1.807) is 6.92 Å². The third kappa shape index (κ3) is 2.49. The first-order chi connectivity index (χ1) is 12.0. The van der Waals surface area contributed by atoms with Crippen molar-refractivity contribution in [2.75, 3.05) is 20.2 Å². The maximum Gasteiger partial charge on any atom is 0.254 e. The van der Waals surface area contributed by atoms with Gasteiger partial charge in [-0.25, -0.2) is 4.39 Å². The molecule has 1 amide bonds. The highest BCUT2D eigenvalue weighted by Gasteiger charge is 2.55. The second-order valence-corrected chi connectivity index (χ2v) is 6.91. The van der Waals surface area contributed by atoms with Gasteiger partial charge in [-0.1, -0.05) is 6.42 Å². The quantitative estimate of drug-likeness (QED) is 0.855. The lowest BCUT2D eigenvalue weighted by molar-refractivity contribution is 0.0775. The van der Waals surface area contributed by atoms with Gasteiger partial charge in [0, 0.05) is 25.6 Å². The summed E-state index contributed by atoms with van der Waals surface area (Å²) in [5, 5.41) is 8.21. The number of fused-ring (bicyclic) bond motifs is 1.